The van der Waals surface area contributed by atoms with Crippen LogP contribution in [0.4, 0.5) is 11.4 Å². The third kappa shape index (κ3) is 7.85. The standard InChI is InChI=1S/C29H33Cl2N7O5S/c1-36(2)14-6-11-25(39)33-19-7-4-8-21(17-19)44(42,43)38-15-12-20(13-16-38)37(3)29(41)27-24(18-32-35-27)34-28(40)26-22(30)9-5-10-23(26)31/h4-11,17-18,20H,12-16H2,1-3H3,(H,32,35)(H,33,39)(H,34,40). The van der Waals surface area contributed by atoms with Crippen LogP contribution in [0.2, 0.25) is 10.0 Å². The monoisotopic (exact) mass is 661 g/mol. The maximum atomic E-state index is 13.4. The molecule has 1 aliphatic rings. The number of hydrogen-bond acceptors (Lipinski definition) is 7. The van der Waals surface area contributed by atoms with Crippen molar-refractivity contribution < 1.29 is 22.8 Å². The van der Waals surface area contributed by atoms with Crippen LogP contribution >= 0.6 is 23.2 Å². The summed E-state index contributed by atoms with van der Waals surface area (Å²) in [6.07, 6.45) is 5.20. The maximum absolute atomic E-state index is 13.4. The average Bonchev–Trinajstić information content (AvgIpc) is 3.44. The number of aromatic nitrogens is 2. The normalized spacial score (nSPS) is 14.6. The molecule has 1 aromatic heterocycles. The molecule has 15 heteroatoms. The highest BCUT2D eigenvalue weighted by Crippen LogP contribution is 2.28. The number of carbonyl (C=O) groups is 3. The zero-order valence-corrected chi connectivity index (χ0v) is 26.7. The van der Waals surface area contributed by atoms with Crippen LogP contribution in [0.1, 0.15) is 33.7 Å². The number of amides is 3. The summed E-state index contributed by atoms with van der Waals surface area (Å²) in [6.45, 7) is 0.967. The molecule has 0 unspecified atom stereocenters. The highest BCUT2D eigenvalue weighted by atomic mass is 35.5. The van der Waals surface area contributed by atoms with Crippen molar-refractivity contribution in [1.29, 1.82) is 0 Å². The third-order valence-corrected chi connectivity index (χ3v) is 9.59. The number of rotatable bonds is 10. The van der Waals surface area contributed by atoms with Gasteiger partial charge in [0.25, 0.3) is 11.8 Å². The van der Waals surface area contributed by atoms with Gasteiger partial charge in [-0.15, -0.1) is 0 Å². The average molecular weight is 663 g/mol. The second-order valence-electron chi connectivity index (χ2n) is 10.4. The molecule has 3 amide bonds. The number of H-pyrrole nitrogens is 1. The van der Waals surface area contributed by atoms with E-state index in [1.807, 2.05) is 19.0 Å². The van der Waals surface area contributed by atoms with Gasteiger partial charge in [0, 0.05) is 44.5 Å². The van der Waals surface area contributed by atoms with Crippen molar-refractivity contribution >= 4 is 62.3 Å². The first-order chi connectivity index (χ1) is 20.9. The minimum Gasteiger partial charge on any atom is -0.337 e. The van der Waals surface area contributed by atoms with Crippen molar-refractivity contribution in [3.63, 3.8) is 0 Å². The van der Waals surface area contributed by atoms with Gasteiger partial charge in [0.15, 0.2) is 0 Å². The fraction of sp³-hybridized carbons (Fsp3) is 0.310. The zero-order chi connectivity index (χ0) is 32.0. The zero-order valence-electron chi connectivity index (χ0n) is 24.4. The summed E-state index contributed by atoms with van der Waals surface area (Å²) >= 11 is 12.3. The Morgan fingerprint density at radius 3 is 2.36 bits per heavy atom. The van der Waals surface area contributed by atoms with Crippen LogP contribution in [0.5, 0.6) is 0 Å². The van der Waals surface area contributed by atoms with E-state index < -0.39 is 21.8 Å². The molecule has 0 aliphatic carbocycles. The van der Waals surface area contributed by atoms with Crippen LogP contribution in [-0.2, 0) is 14.8 Å². The SMILES string of the molecule is CN(C)CC=CC(=O)Nc1cccc(S(=O)(=O)N2CCC(N(C)C(=O)c3[nH]ncc3NC(=O)c3c(Cl)cccc3Cl)CC2)c1. The smallest absolute Gasteiger partial charge is 0.274 e. The minimum absolute atomic E-state index is 0.0620. The molecule has 0 atom stereocenters. The van der Waals surface area contributed by atoms with Crippen LogP contribution in [0, 0.1) is 0 Å². The van der Waals surface area contributed by atoms with E-state index in [1.54, 1.807) is 31.3 Å². The van der Waals surface area contributed by atoms with Gasteiger partial charge in [-0.1, -0.05) is 41.4 Å². The van der Waals surface area contributed by atoms with Gasteiger partial charge in [0.1, 0.15) is 5.69 Å². The predicted molar refractivity (Wildman–Crippen MR) is 170 cm³/mol. The lowest BCUT2D eigenvalue weighted by atomic mass is 10.0. The summed E-state index contributed by atoms with van der Waals surface area (Å²) < 4.78 is 28.2. The summed E-state index contributed by atoms with van der Waals surface area (Å²) in [7, 11) is 1.54. The van der Waals surface area contributed by atoms with E-state index >= 15 is 0 Å². The van der Waals surface area contributed by atoms with Crippen molar-refractivity contribution in [2.45, 2.75) is 23.8 Å². The molecule has 1 fully saturated rings. The Bertz CT molecular complexity index is 1650. The van der Waals surface area contributed by atoms with Gasteiger partial charge >= 0.3 is 0 Å². The Kier molecular flexibility index (Phi) is 10.8. The lowest BCUT2D eigenvalue weighted by Crippen LogP contribution is -2.47. The van der Waals surface area contributed by atoms with Gasteiger partial charge in [-0.3, -0.25) is 19.5 Å². The van der Waals surface area contributed by atoms with Gasteiger partial charge in [0.05, 0.1) is 32.4 Å². The second kappa shape index (κ2) is 14.4. The first-order valence-corrected chi connectivity index (χ1v) is 15.9. The second-order valence-corrected chi connectivity index (χ2v) is 13.2. The van der Waals surface area contributed by atoms with Crippen molar-refractivity contribution in [2.75, 3.05) is 51.4 Å². The number of nitrogens with zero attached hydrogens (tertiary/aromatic N) is 4. The van der Waals surface area contributed by atoms with Gasteiger partial charge in [0.2, 0.25) is 15.9 Å². The third-order valence-electron chi connectivity index (χ3n) is 7.06. The van der Waals surface area contributed by atoms with Crippen LogP contribution in [0.15, 0.2) is 65.7 Å². The van der Waals surface area contributed by atoms with E-state index in [2.05, 4.69) is 20.8 Å². The first-order valence-electron chi connectivity index (χ1n) is 13.7. The van der Waals surface area contributed by atoms with E-state index in [-0.39, 0.29) is 56.9 Å². The van der Waals surface area contributed by atoms with Crippen molar-refractivity contribution in [3.05, 3.63) is 82.1 Å². The number of nitrogens with one attached hydrogen (secondary N) is 3. The number of hydrogen-bond donors (Lipinski definition) is 3. The highest BCUT2D eigenvalue weighted by Gasteiger charge is 2.33. The van der Waals surface area contributed by atoms with E-state index in [1.165, 1.54) is 45.7 Å². The molecule has 44 heavy (non-hydrogen) atoms. The number of anilines is 2. The molecule has 3 aromatic rings. The van der Waals surface area contributed by atoms with Crippen LogP contribution < -0.4 is 10.6 Å². The molecule has 12 nitrogen and oxygen atoms in total. The number of likely N-dealkylation sites (N-methyl/N-ethyl adjacent to an activating group) is 1. The van der Waals surface area contributed by atoms with Gasteiger partial charge in [-0.05, 0) is 57.3 Å². The van der Waals surface area contributed by atoms with Crippen molar-refractivity contribution in [1.82, 2.24) is 24.3 Å². The predicted octanol–water partition coefficient (Wildman–Crippen LogP) is 3.95. The molecule has 234 valence electrons. The van der Waals surface area contributed by atoms with Crippen LogP contribution in [0.3, 0.4) is 0 Å². The van der Waals surface area contributed by atoms with Crippen LogP contribution in [0.25, 0.3) is 0 Å². The van der Waals surface area contributed by atoms with Crippen molar-refractivity contribution in [3.8, 4) is 0 Å². The van der Waals surface area contributed by atoms with Crippen LogP contribution in [-0.4, -0.2) is 97.3 Å². The molecule has 0 spiro atoms. The topological polar surface area (TPSA) is 148 Å². The van der Waals surface area contributed by atoms with Gasteiger partial charge in [-0.25, -0.2) is 8.42 Å². The Morgan fingerprint density at radius 2 is 1.70 bits per heavy atom. The van der Waals surface area contributed by atoms with Gasteiger partial charge in [-0.2, -0.15) is 9.40 Å². The van der Waals surface area contributed by atoms with Gasteiger partial charge < -0.3 is 20.4 Å². The summed E-state index contributed by atoms with van der Waals surface area (Å²) in [5.74, 6) is -1.38. The Balaban J connectivity index is 1.37. The van der Waals surface area contributed by atoms with E-state index in [9.17, 15) is 22.8 Å². The largest absolute Gasteiger partial charge is 0.337 e. The number of sulfonamides is 1. The molecule has 0 radical (unpaired) electrons. The maximum Gasteiger partial charge on any atom is 0.274 e. The summed E-state index contributed by atoms with van der Waals surface area (Å²) in [6, 6.07) is 10.5. The number of carbonyl (C=O) groups excluding carboxylic acids is 3. The number of piperidine rings is 1. The molecular formula is C29H33Cl2N7O5S. The Labute approximate surface area is 266 Å². The fourth-order valence-electron chi connectivity index (χ4n) is 4.69. The Hall–Kier alpha value is -3.75. The van der Waals surface area contributed by atoms with E-state index in [0.29, 0.717) is 25.1 Å². The fourth-order valence-corrected chi connectivity index (χ4v) is 6.78. The number of aromatic amines is 1. The molecule has 3 N–H and O–H groups in total. The van der Waals surface area contributed by atoms with E-state index in [0.717, 1.165) is 0 Å². The molecule has 2 aromatic carbocycles. The molecular weight excluding hydrogens is 629 g/mol. The molecule has 4 rings (SSSR count). The summed E-state index contributed by atoms with van der Waals surface area (Å²) in [5, 5.41) is 12.2. The quantitative estimate of drug-likeness (QED) is 0.279. The molecule has 1 aliphatic heterocycles. The number of benzene rings is 2. The summed E-state index contributed by atoms with van der Waals surface area (Å²) in [4.78, 5) is 41.9. The Morgan fingerprint density at radius 1 is 1.05 bits per heavy atom. The highest BCUT2D eigenvalue weighted by molar-refractivity contribution is 7.89. The minimum atomic E-state index is -3.85. The van der Waals surface area contributed by atoms with Crippen molar-refractivity contribution in [2.24, 2.45) is 0 Å². The number of halogens is 2. The van der Waals surface area contributed by atoms with E-state index in [4.69, 9.17) is 23.2 Å². The summed E-state index contributed by atoms with van der Waals surface area (Å²) in [5.41, 5.74) is 0.657. The lowest BCUT2D eigenvalue weighted by molar-refractivity contribution is -0.111. The lowest BCUT2D eigenvalue weighted by Gasteiger charge is -2.36. The molecule has 2 heterocycles. The first kappa shape index (κ1) is 33.1. The molecule has 0 saturated carbocycles. The molecule has 1 saturated heterocycles. The molecule has 0 bridgehead atoms.